The van der Waals surface area contributed by atoms with Crippen molar-refractivity contribution in [3.63, 3.8) is 0 Å². The van der Waals surface area contributed by atoms with E-state index < -0.39 is 9.84 Å². The summed E-state index contributed by atoms with van der Waals surface area (Å²) in [5.41, 5.74) is 1.33. The van der Waals surface area contributed by atoms with Crippen LogP contribution < -0.4 is 5.32 Å². The van der Waals surface area contributed by atoms with Crippen LogP contribution in [0.15, 0.2) is 24.3 Å². The quantitative estimate of drug-likeness (QED) is 0.929. The van der Waals surface area contributed by atoms with Crippen molar-refractivity contribution in [2.75, 3.05) is 12.3 Å². The Morgan fingerprint density at radius 3 is 2.50 bits per heavy atom. The van der Waals surface area contributed by atoms with Crippen LogP contribution in [-0.2, 0) is 9.84 Å². The molecule has 1 unspecified atom stereocenters. The molecule has 1 N–H and O–H groups in total. The maximum atomic E-state index is 11.7. The molecule has 2 fully saturated rings. The van der Waals surface area contributed by atoms with E-state index in [1.165, 1.54) is 5.56 Å². The Kier molecular flexibility index (Phi) is 4.07. The Morgan fingerprint density at radius 2 is 1.90 bits per heavy atom. The monoisotopic (exact) mass is 313 g/mol. The molecular weight excluding hydrogens is 294 g/mol. The second kappa shape index (κ2) is 5.66. The second-order valence-corrected chi connectivity index (χ2v) is 8.79. The van der Waals surface area contributed by atoms with E-state index in [1.54, 1.807) is 0 Å². The van der Waals surface area contributed by atoms with Crippen molar-refractivity contribution < 1.29 is 8.42 Å². The maximum Gasteiger partial charge on any atom is 0.154 e. The van der Waals surface area contributed by atoms with Gasteiger partial charge in [-0.2, -0.15) is 0 Å². The fourth-order valence-corrected chi connectivity index (χ4v) is 5.08. The van der Waals surface area contributed by atoms with Crippen molar-refractivity contribution >= 4 is 21.4 Å². The molecule has 1 saturated heterocycles. The van der Waals surface area contributed by atoms with E-state index in [4.69, 9.17) is 11.6 Å². The molecule has 110 valence electrons. The number of nitrogens with one attached hydrogen (secondary N) is 1. The van der Waals surface area contributed by atoms with E-state index in [0.29, 0.717) is 24.3 Å². The predicted molar refractivity (Wildman–Crippen MR) is 82.0 cm³/mol. The van der Waals surface area contributed by atoms with Gasteiger partial charge in [0.2, 0.25) is 0 Å². The van der Waals surface area contributed by atoms with Crippen LogP contribution in [0.4, 0.5) is 0 Å². The Labute approximate surface area is 125 Å². The van der Waals surface area contributed by atoms with E-state index in [1.807, 2.05) is 12.1 Å². The van der Waals surface area contributed by atoms with Crippen LogP contribution in [0, 0.1) is 0 Å². The first-order chi connectivity index (χ1) is 9.54. The summed E-state index contributed by atoms with van der Waals surface area (Å²) in [6.45, 7) is 0.625. The summed E-state index contributed by atoms with van der Waals surface area (Å²) in [4.78, 5) is 0. The predicted octanol–water partition coefficient (Wildman–Crippen LogP) is 2.75. The molecule has 0 amide bonds. The van der Waals surface area contributed by atoms with E-state index in [0.717, 1.165) is 30.7 Å². The molecular formula is C15H20ClNO2S. The third-order valence-corrected chi connectivity index (χ3v) is 7.10. The highest BCUT2D eigenvalue weighted by molar-refractivity contribution is 7.92. The first-order valence-corrected chi connectivity index (χ1v) is 9.34. The molecule has 1 heterocycles. The summed E-state index contributed by atoms with van der Waals surface area (Å²) in [6, 6.07) is 8.51. The van der Waals surface area contributed by atoms with Crippen LogP contribution in [0.1, 0.15) is 37.2 Å². The molecule has 20 heavy (non-hydrogen) atoms. The standard InChI is InChI=1S/C15H20ClNO2S/c16-13-5-3-11(4-6-13)12-8-14(9-12)17-10-15-2-1-7-20(15,18)19/h3-6,12,14-15,17H,1-2,7-10H2. The Bertz CT molecular complexity index is 564. The van der Waals surface area contributed by atoms with Crippen LogP contribution in [0.2, 0.25) is 5.02 Å². The van der Waals surface area contributed by atoms with Crippen molar-refractivity contribution in [2.24, 2.45) is 0 Å². The van der Waals surface area contributed by atoms with Gasteiger partial charge in [0.1, 0.15) is 0 Å². The molecule has 3 rings (SSSR count). The lowest BCUT2D eigenvalue weighted by atomic mass is 9.76. The van der Waals surface area contributed by atoms with E-state index in [2.05, 4.69) is 17.4 Å². The summed E-state index contributed by atoms with van der Waals surface area (Å²) < 4.78 is 23.5. The SMILES string of the molecule is O=S1(=O)CCCC1CNC1CC(c2ccc(Cl)cc2)C1. The lowest BCUT2D eigenvalue weighted by Gasteiger charge is -2.37. The largest absolute Gasteiger partial charge is 0.313 e. The molecule has 1 aliphatic heterocycles. The molecule has 0 aromatic heterocycles. The topological polar surface area (TPSA) is 46.2 Å². The number of rotatable bonds is 4. The zero-order chi connectivity index (χ0) is 14.2. The zero-order valence-corrected chi connectivity index (χ0v) is 13.0. The van der Waals surface area contributed by atoms with E-state index >= 15 is 0 Å². The Balaban J connectivity index is 1.46. The minimum atomic E-state index is -2.81. The highest BCUT2D eigenvalue weighted by Gasteiger charge is 2.34. The van der Waals surface area contributed by atoms with Gasteiger partial charge in [-0.3, -0.25) is 0 Å². The average Bonchev–Trinajstić information content (AvgIpc) is 2.69. The molecule has 0 radical (unpaired) electrons. The summed E-state index contributed by atoms with van der Waals surface area (Å²) in [7, 11) is -2.81. The molecule has 1 atom stereocenters. The number of hydrogen-bond acceptors (Lipinski definition) is 3. The van der Waals surface area contributed by atoms with Gasteiger partial charge in [-0.15, -0.1) is 0 Å². The van der Waals surface area contributed by atoms with E-state index in [-0.39, 0.29) is 5.25 Å². The minimum Gasteiger partial charge on any atom is -0.313 e. The summed E-state index contributed by atoms with van der Waals surface area (Å²) in [5.74, 6) is 0.960. The summed E-state index contributed by atoms with van der Waals surface area (Å²) in [5, 5.41) is 4.04. The third kappa shape index (κ3) is 3.02. The Hall–Kier alpha value is -0.580. The smallest absolute Gasteiger partial charge is 0.154 e. The van der Waals surface area contributed by atoms with Crippen LogP contribution in [-0.4, -0.2) is 32.0 Å². The number of halogens is 1. The number of hydrogen-bond donors (Lipinski definition) is 1. The molecule has 1 aromatic carbocycles. The van der Waals surface area contributed by atoms with Gasteiger partial charge < -0.3 is 5.32 Å². The Morgan fingerprint density at radius 1 is 1.20 bits per heavy atom. The highest BCUT2D eigenvalue weighted by Crippen LogP contribution is 2.37. The van der Waals surface area contributed by atoms with Crippen LogP contribution in [0.25, 0.3) is 0 Å². The van der Waals surface area contributed by atoms with Crippen LogP contribution in [0.3, 0.4) is 0 Å². The lowest BCUT2D eigenvalue weighted by Crippen LogP contribution is -2.44. The lowest BCUT2D eigenvalue weighted by molar-refractivity contribution is 0.291. The van der Waals surface area contributed by atoms with Gasteiger partial charge in [-0.1, -0.05) is 23.7 Å². The van der Waals surface area contributed by atoms with Crippen molar-refractivity contribution in [2.45, 2.75) is 42.9 Å². The van der Waals surface area contributed by atoms with Gasteiger partial charge in [-0.25, -0.2) is 8.42 Å². The van der Waals surface area contributed by atoms with Gasteiger partial charge >= 0.3 is 0 Å². The maximum absolute atomic E-state index is 11.7. The minimum absolute atomic E-state index is 0.155. The molecule has 1 saturated carbocycles. The normalized spacial score (nSPS) is 31.9. The fraction of sp³-hybridized carbons (Fsp3) is 0.600. The third-order valence-electron chi connectivity index (χ3n) is 4.58. The zero-order valence-electron chi connectivity index (χ0n) is 11.4. The van der Waals surface area contributed by atoms with Crippen molar-refractivity contribution in [1.82, 2.24) is 5.32 Å². The van der Waals surface area contributed by atoms with Gasteiger partial charge in [0.05, 0.1) is 11.0 Å². The molecule has 1 aromatic rings. The average molecular weight is 314 g/mol. The summed E-state index contributed by atoms with van der Waals surface area (Å²) >= 11 is 5.89. The highest BCUT2D eigenvalue weighted by atomic mass is 35.5. The van der Waals surface area contributed by atoms with Crippen molar-refractivity contribution in [3.05, 3.63) is 34.9 Å². The van der Waals surface area contributed by atoms with Crippen LogP contribution >= 0.6 is 11.6 Å². The number of sulfone groups is 1. The summed E-state index contributed by atoms with van der Waals surface area (Å²) in [6.07, 6.45) is 3.83. The van der Waals surface area contributed by atoms with E-state index in [9.17, 15) is 8.42 Å². The number of benzene rings is 1. The van der Waals surface area contributed by atoms with Crippen molar-refractivity contribution in [1.29, 1.82) is 0 Å². The first kappa shape index (κ1) is 14.4. The first-order valence-electron chi connectivity index (χ1n) is 7.25. The van der Waals surface area contributed by atoms with Gasteiger partial charge in [-0.05, 0) is 49.3 Å². The fourth-order valence-electron chi connectivity index (χ4n) is 3.18. The molecule has 1 aliphatic carbocycles. The second-order valence-electron chi connectivity index (χ2n) is 5.96. The van der Waals surface area contributed by atoms with Crippen LogP contribution in [0.5, 0.6) is 0 Å². The molecule has 0 bridgehead atoms. The molecule has 5 heteroatoms. The van der Waals surface area contributed by atoms with Gasteiger partial charge in [0.25, 0.3) is 0 Å². The molecule has 2 aliphatic rings. The van der Waals surface area contributed by atoms with Crippen molar-refractivity contribution in [3.8, 4) is 0 Å². The molecule has 0 spiro atoms. The van der Waals surface area contributed by atoms with Gasteiger partial charge in [0.15, 0.2) is 9.84 Å². The molecule has 3 nitrogen and oxygen atoms in total. The van der Waals surface area contributed by atoms with Gasteiger partial charge in [0, 0.05) is 17.6 Å².